The number of carboxylic acids is 1. The lowest BCUT2D eigenvalue weighted by Crippen LogP contribution is -2.44. The molecule has 0 spiro atoms. The van der Waals surface area contributed by atoms with E-state index in [1.54, 1.807) is 0 Å². The SMILES string of the molecule is CC(C)(C)c1ncn(CC(NC(=O)OCc2ccccc2)C(=O)O)n1. The van der Waals surface area contributed by atoms with Crippen molar-refractivity contribution < 1.29 is 19.4 Å². The zero-order valence-corrected chi connectivity index (χ0v) is 14.5. The molecule has 0 bridgehead atoms. The Bertz CT molecular complexity index is 722. The van der Waals surface area contributed by atoms with E-state index in [2.05, 4.69) is 15.4 Å². The lowest BCUT2D eigenvalue weighted by Gasteiger charge is -2.15. The Morgan fingerprint density at radius 1 is 1.28 bits per heavy atom. The summed E-state index contributed by atoms with van der Waals surface area (Å²) in [6.07, 6.45) is 0.653. The topological polar surface area (TPSA) is 106 Å². The molecule has 1 unspecified atom stereocenters. The summed E-state index contributed by atoms with van der Waals surface area (Å²) in [5.74, 6) is -0.576. The zero-order valence-electron chi connectivity index (χ0n) is 14.5. The van der Waals surface area contributed by atoms with Crippen LogP contribution >= 0.6 is 0 Å². The summed E-state index contributed by atoms with van der Waals surface area (Å²) in [6.45, 7) is 5.90. The van der Waals surface area contributed by atoms with E-state index >= 15 is 0 Å². The van der Waals surface area contributed by atoms with Crippen molar-refractivity contribution in [2.45, 2.75) is 45.4 Å². The first-order chi connectivity index (χ1) is 11.8. The molecule has 2 rings (SSSR count). The maximum absolute atomic E-state index is 11.8. The minimum atomic E-state index is -1.18. The van der Waals surface area contributed by atoms with Crippen molar-refractivity contribution in [3.05, 3.63) is 48.0 Å². The first-order valence-electron chi connectivity index (χ1n) is 7.85. The molecule has 2 aromatic rings. The number of carbonyl (C=O) groups excluding carboxylic acids is 1. The van der Waals surface area contributed by atoms with Gasteiger partial charge in [0.15, 0.2) is 5.82 Å². The summed E-state index contributed by atoms with van der Waals surface area (Å²) in [7, 11) is 0. The summed E-state index contributed by atoms with van der Waals surface area (Å²) >= 11 is 0. The van der Waals surface area contributed by atoms with Crippen LogP contribution in [0.2, 0.25) is 0 Å². The summed E-state index contributed by atoms with van der Waals surface area (Å²) in [6, 6.07) is 7.96. The van der Waals surface area contributed by atoms with E-state index in [0.717, 1.165) is 5.56 Å². The Kier molecular flexibility index (Phi) is 5.74. The van der Waals surface area contributed by atoms with Crippen LogP contribution in [0.25, 0.3) is 0 Å². The Labute approximate surface area is 145 Å². The van der Waals surface area contributed by atoms with Gasteiger partial charge < -0.3 is 15.2 Å². The number of carboxylic acid groups (broad SMARTS) is 1. The van der Waals surface area contributed by atoms with Gasteiger partial charge in [0, 0.05) is 5.41 Å². The monoisotopic (exact) mass is 346 g/mol. The van der Waals surface area contributed by atoms with Gasteiger partial charge in [-0.05, 0) is 5.56 Å². The molecular weight excluding hydrogens is 324 g/mol. The van der Waals surface area contributed by atoms with Gasteiger partial charge in [0.25, 0.3) is 0 Å². The second kappa shape index (κ2) is 7.78. The third kappa shape index (κ3) is 5.59. The van der Waals surface area contributed by atoms with Gasteiger partial charge >= 0.3 is 12.1 Å². The quantitative estimate of drug-likeness (QED) is 0.828. The van der Waals surface area contributed by atoms with E-state index in [4.69, 9.17) is 4.74 Å². The largest absolute Gasteiger partial charge is 0.480 e. The summed E-state index contributed by atoms with van der Waals surface area (Å²) in [4.78, 5) is 27.4. The molecule has 0 aliphatic rings. The highest BCUT2D eigenvalue weighted by molar-refractivity contribution is 5.79. The summed E-state index contributed by atoms with van der Waals surface area (Å²) in [5.41, 5.74) is 0.571. The Morgan fingerprint density at radius 2 is 1.96 bits per heavy atom. The van der Waals surface area contributed by atoms with E-state index in [1.807, 2.05) is 51.1 Å². The van der Waals surface area contributed by atoms with Crippen LogP contribution in [0.1, 0.15) is 32.2 Å². The molecule has 1 heterocycles. The fourth-order valence-electron chi connectivity index (χ4n) is 2.01. The molecular formula is C17H22N4O4. The van der Waals surface area contributed by atoms with Gasteiger partial charge in [0.1, 0.15) is 19.0 Å². The predicted octanol–water partition coefficient (Wildman–Crippen LogP) is 1.96. The van der Waals surface area contributed by atoms with Gasteiger partial charge in [-0.25, -0.2) is 19.3 Å². The van der Waals surface area contributed by atoms with Crippen LogP contribution in [0.3, 0.4) is 0 Å². The van der Waals surface area contributed by atoms with Crippen molar-refractivity contribution in [1.29, 1.82) is 0 Å². The van der Waals surface area contributed by atoms with Crippen molar-refractivity contribution in [2.75, 3.05) is 0 Å². The molecule has 1 amide bonds. The highest BCUT2D eigenvalue weighted by Gasteiger charge is 2.24. The lowest BCUT2D eigenvalue weighted by molar-refractivity contribution is -0.139. The normalized spacial score (nSPS) is 12.4. The Hall–Kier alpha value is -2.90. The van der Waals surface area contributed by atoms with Gasteiger partial charge in [0.2, 0.25) is 0 Å². The van der Waals surface area contributed by atoms with E-state index < -0.39 is 18.1 Å². The van der Waals surface area contributed by atoms with E-state index in [-0.39, 0.29) is 18.6 Å². The second-order valence-electron chi connectivity index (χ2n) is 6.64. The molecule has 134 valence electrons. The van der Waals surface area contributed by atoms with Gasteiger partial charge in [-0.1, -0.05) is 51.1 Å². The summed E-state index contributed by atoms with van der Waals surface area (Å²) in [5, 5.41) is 15.9. The van der Waals surface area contributed by atoms with Gasteiger partial charge in [0.05, 0.1) is 6.54 Å². The molecule has 0 saturated heterocycles. The third-order valence-electron chi connectivity index (χ3n) is 3.38. The Balaban J connectivity index is 1.93. The molecule has 0 saturated carbocycles. The van der Waals surface area contributed by atoms with Crippen molar-refractivity contribution in [3.8, 4) is 0 Å². The van der Waals surface area contributed by atoms with Crippen molar-refractivity contribution in [2.24, 2.45) is 0 Å². The highest BCUT2D eigenvalue weighted by atomic mass is 16.5. The number of hydrogen-bond donors (Lipinski definition) is 2. The number of amides is 1. The van der Waals surface area contributed by atoms with Crippen LogP contribution in [0.15, 0.2) is 36.7 Å². The first kappa shape index (κ1) is 18.4. The number of benzene rings is 1. The minimum Gasteiger partial charge on any atom is -0.480 e. The van der Waals surface area contributed by atoms with Crippen LogP contribution in [0, 0.1) is 0 Å². The van der Waals surface area contributed by atoms with Gasteiger partial charge in [-0.3, -0.25) is 0 Å². The summed E-state index contributed by atoms with van der Waals surface area (Å²) < 4.78 is 6.45. The number of nitrogens with one attached hydrogen (secondary N) is 1. The molecule has 25 heavy (non-hydrogen) atoms. The second-order valence-corrected chi connectivity index (χ2v) is 6.64. The maximum atomic E-state index is 11.8. The average Bonchev–Trinajstić information content (AvgIpc) is 3.02. The molecule has 0 aliphatic carbocycles. The van der Waals surface area contributed by atoms with E-state index in [0.29, 0.717) is 5.82 Å². The van der Waals surface area contributed by atoms with Crippen molar-refractivity contribution in [1.82, 2.24) is 20.1 Å². The molecule has 2 N–H and O–H groups in total. The average molecular weight is 346 g/mol. The van der Waals surface area contributed by atoms with Crippen molar-refractivity contribution in [3.63, 3.8) is 0 Å². The third-order valence-corrected chi connectivity index (χ3v) is 3.38. The fraction of sp³-hybridized carbons (Fsp3) is 0.412. The number of carbonyl (C=O) groups is 2. The highest BCUT2D eigenvalue weighted by Crippen LogP contribution is 2.16. The number of ether oxygens (including phenoxy) is 1. The molecule has 0 fully saturated rings. The maximum Gasteiger partial charge on any atom is 0.408 e. The van der Waals surface area contributed by atoms with Crippen LogP contribution in [0.5, 0.6) is 0 Å². The van der Waals surface area contributed by atoms with Gasteiger partial charge in [-0.15, -0.1) is 0 Å². The number of alkyl carbamates (subject to hydrolysis) is 1. The Morgan fingerprint density at radius 3 is 2.52 bits per heavy atom. The molecule has 1 aromatic heterocycles. The van der Waals surface area contributed by atoms with Crippen LogP contribution < -0.4 is 5.32 Å². The fourth-order valence-corrected chi connectivity index (χ4v) is 2.01. The molecule has 8 nitrogen and oxygen atoms in total. The number of nitrogens with zero attached hydrogens (tertiary/aromatic N) is 3. The van der Waals surface area contributed by atoms with Crippen LogP contribution in [-0.4, -0.2) is 38.0 Å². The molecule has 0 aliphatic heterocycles. The molecule has 1 aromatic carbocycles. The number of aliphatic carboxylic acids is 1. The first-order valence-corrected chi connectivity index (χ1v) is 7.85. The minimum absolute atomic E-state index is 0.0428. The smallest absolute Gasteiger partial charge is 0.408 e. The van der Waals surface area contributed by atoms with Crippen molar-refractivity contribution >= 4 is 12.1 Å². The number of aromatic nitrogens is 3. The van der Waals surface area contributed by atoms with Crippen LogP contribution in [-0.2, 0) is 28.1 Å². The van der Waals surface area contributed by atoms with Crippen LogP contribution in [0.4, 0.5) is 4.79 Å². The lowest BCUT2D eigenvalue weighted by atomic mass is 9.96. The number of hydrogen-bond acceptors (Lipinski definition) is 5. The van der Waals surface area contributed by atoms with E-state index in [1.165, 1.54) is 11.0 Å². The molecule has 8 heteroatoms. The number of rotatable bonds is 6. The molecule has 1 atom stereocenters. The van der Waals surface area contributed by atoms with Gasteiger partial charge in [-0.2, -0.15) is 5.10 Å². The molecule has 0 radical (unpaired) electrons. The van der Waals surface area contributed by atoms with E-state index in [9.17, 15) is 14.7 Å². The predicted molar refractivity (Wildman–Crippen MR) is 89.9 cm³/mol. The zero-order chi connectivity index (χ0) is 18.4. The standard InChI is InChI=1S/C17H22N4O4/c1-17(2,3)15-18-11-21(20-15)9-13(14(22)23)19-16(24)25-10-12-7-5-4-6-8-12/h4-8,11,13H,9-10H2,1-3H3,(H,19,24)(H,22,23).